The molecule has 0 fully saturated rings. The van der Waals surface area contributed by atoms with Crippen LogP contribution in [0.15, 0.2) is 30.6 Å². The number of nitrogens with zero attached hydrogens (tertiary/aromatic N) is 1. The zero-order valence-corrected chi connectivity index (χ0v) is 8.98. The van der Waals surface area contributed by atoms with E-state index in [1.54, 1.807) is 0 Å². The van der Waals surface area contributed by atoms with Gasteiger partial charge in [-0.3, -0.25) is 4.79 Å². The highest BCUT2D eigenvalue weighted by molar-refractivity contribution is 6.08. The molecule has 6 nitrogen and oxygen atoms in total. The van der Waals surface area contributed by atoms with Crippen molar-refractivity contribution in [1.29, 1.82) is 0 Å². The van der Waals surface area contributed by atoms with Gasteiger partial charge in [-0.25, -0.2) is 14.2 Å². The summed E-state index contributed by atoms with van der Waals surface area (Å²) in [6, 6.07) is 5.25. The first-order valence-corrected chi connectivity index (χ1v) is 4.91. The third-order valence-electron chi connectivity index (χ3n) is 2.15. The number of hydrogen-bond donors (Lipinski definition) is 3. The van der Waals surface area contributed by atoms with Crippen LogP contribution in [0.2, 0.25) is 0 Å². The van der Waals surface area contributed by atoms with E-state index < -0.39 is 17.7 Å². The number of rotatable bonds is 3. The predicted octanol–water partition coefficient (Wildman–Crippen LogP) is 1.50. The van der Waals surface area contributed by atoms with Crippen molar-refractivity contribution in [3.8, 4) is 0 Å². The summed E-state index contributed by atoms with van der Waals surface area (Å²) < 4.78 is 12.9. The van der Waals surface area contributed by atoms with Crippen LogP contribution in [0.1, 0.15) is 21.0 Å². The lowest BCUT2D eigenvalue weighted by molar-refractivity contribution is 0.0686. The smallest absolute Gasteiger partial charge is 0.354 e. The number of hydrogen-bond acceptors (Lipinski definition) is 3. The SMILES string of the molecule is O=C(Nc1cccc(F)c1)c1nc[nH]c1C(=O)O. The van der Waals surface area contributed by atoms with Gasteiger partial charge in [0.2, 0.25) is 0 Å². The van der Waals surface area contributed by atoms with Crippen molar-refractivity contribution in [3.63, 3.8) is 0 Å². The molecular formula is C11H8FN3O3. The highest BCUT2D eigenvalue weighted by atomic mass is 19.1. The number of carboxylic acids is 1. The van der Waals surface area contributed by atoms with Gasteiger partial charge in [0.25, 0.3) is 5.91 Å². The molecule has 1 aromatic carbocycles. The van der Waals surface area contributed by atoms with Crippen molar-refractivity contribution in [2.45, 2.75) is 0 Å². The number of halogens is 1. The molecule has 1 heterocycles. The molecule has 0 aliphatic carbocycles. The number of carbonyl (C=O) groups excluding carboxylic acids is 1. The van der Waals surface area contributed by atoms with Gasteiger partial charge in [-0.2, -0.15) is 0 Å². The lowest BCUT2D eigenvalue weighted by Gasteiger charge is -2.03. The van der Waals surface area contributed by atoms with Gasteiger partial charge in [0.05, 0.1) is 6.33 Å². The summed E-state index contributed by atoms with van der Waals surface area (Å²) in [6.07, 6.45) is 1.10. The van der Waals surface area contributed by atoms with E-state index in [1.807, 2.05) is 0 Å². The minimum Gasteiger partial charge on any atom is -0.477 e. The third kappa shape index (κ3) is 2.34. The number of benzene rings is 1. The molecule has 0 radical (unpaired) electrons. The Morgan fingerprint density at radius 3 is 2.83 bits per heavy atom. The van der Waals surface area contributed by atoms with Crippen LogP contribution >= 0.6 is 0 Å². The molecule has 92 valence electrons. The molecule has 2 aromatic rings. The number of carbonyl (C=O) groups is 2. The summed E-state index contributed by atoms with van der Waals surface area (Å²) in [6.45, 7) is 0. The Balaban J connectivity index is 2.22. The summed E-state index contributed by atoms with van der Waals surface area (Å²) in [5.74, 6) is -2.52. The number of imidazole rings is 1. The average molecular weight is 249 g/mol. The van der Waals surface area contributed by atoms with Crippen LogP contribution in [-0.2, 0) is 0 Å². The molecule has 1 amide bonds. The molecule has 3 N–H and O–H groups in total. The second-order valence-electron chi connectivity index (χ2n) is 3.40. The lowest BCUT2D eigenvalue weighted by Crippen LogP contribution is -2.16. The fraction of sp³-hybridized carbons (Fsp3) is 0. The molecule has 18 heavy (non-hydrogen) atoms. The van der Waals surface area contributed by atoms with E-state index in [9.17, 15) is 14.0 Å². The van der Waals surface area contributed by atoms with Crippen molar-refractivity contribution in [3.05, 3.63) is 47.8 Å². The number of aromatic nitrogens is 2. The van der Waals surface area contributed by atoms with E-state index in [4.69, 9.17) is 5.11 Å². The minimum atomic E-state index is -1.29. The van der Waals surface area contributed by atoms with Gasteiger partial charge in [-0.05, 0) is 18.2 Å². The van der Waals surface area contributed by atoms with Crippen LogP contribution in [0.4, 0.5) is 10.1 Å². The Bertz CT molecular complexity index is 609. The van der Waals surface area contributed by atoms with E-state index in [2.05, 4.69) is 15.3 Å². The minimum absolute atomic E-state index is 0.222. The first kappa shape index (κ1) is 11.8. The van der Waals surface area contributed by atoms with Gasteiger partial charge in [-0.15, -0.1) is 0 Å². The maximum atomic E-state index is 12.9. The van der Waals surface area contributed by atoms with Crippen LogP contribution in [0, 0.1) is 5.82 Å². The zero-order chi connectivity index (χ0) is 13.1. The number of carboxylic acid groups (broad SMARTS) is 1. The molecule has 0 bridgehead atoms. The molecule has 0 aliphatic heterocycles. The summed E-state index contributed by atoms with van der Waals surface area (Å²) in [4.78, 5) is 28.5. The van der Waals surface area contributed by atoms with Crippen LogP contribution in [0.3, 0.4) is 0 Å². The summed E-state index contributed by atoms with van der Waals surface area (Å²) in [5, 5.41) is 11.2. The summed E-state index contributed by atoms with van der Waals surface area (Å²) >= 11 is 0. The number of amides is 1. The molecule has 0 aliphatic rings. The summed E-state index contributed by atoms with van der Waals surface area (Å²) in [7, 11) is 0. The number of aromatic amines is 1. The standard InChI is InChI=1S/C11H8FN3O3/c12-6-2-1-3-7(4-6)15-10(16)8-9(11(17)18)14-5-13-8/h1-5H,(H,13,14)(H,15,16)(H,17,18). The second-order valence-corrected chi connectivity index (χ2v) is 3.40. The van der Waals surface area contributed by atoms with Gasteiger partial charge < -0.3 is 15.4 Å². The van der Waals surface area contributed by atoms with Crippen LogP contribution < -0.4 is 5.32 Å². The molecular weight excluding hydrogens is 241 g/mol. The molecule has 7 heteroatoms. The van der Waals surface area contributed by atoms with Crippen molar-refractivity contribution in [2.24, 2.45) is 0 Å². The topological polar surface area (TPSA) is 95.1 Å². The number of H-pyrrole nitrogens is 1. The Labute approximate surface area is 100 Å². The van der Waals surface area contributed by atoms with Gasteiger partial charge in [0.15, 0.2) is 11.4 Å². The van der Waals surface area contributed by atoms with Crippen molar-refractivity contribution in [1.82, 2.24) is 9.97 Å². The Kier molecular flexibility index (Phi) is 3.05. The predicted molar refractivity (Wildman–Crippen MR) is 59.9 cm³/mol. The summed E-state index contributed by atoms with van der Waals surface area (Å²) in [5.41, 5.74) is -0.352. The van der Waals surface area contributed by atoms with Crippen molar-refractivity contribution >= 4 is 17.6 Å². The molecule has 0 saturated heterocycles. The first-order valence-electron chi connectivity index (χ1n) is 4.91. The highest BCUT2D eigenvalue weighted by Crippen LogP contribution is 2.11. The largest absolute Gasteiger partial charge is 0.477 e. The van der Waals surface area contributed by atoms with Gasteiger partial charge in [-0.1, -0.05) is 6.07 Å². The van der Waals surface area contributed by atoms with E-state index in [-0.39, 0.29) is 17.1 Å². The molecule has 0 spiro atoms. The molecule has 0 unspecified atom stereocenters. The fourth-order valence-corrected chi connectivity index (χ4v) is 1.39. The quantitative estimate of drug-likeness (QED) is 0.768. The number of aromatic carboxylic acids is 1. The van der Waals surface area contributed by atoms with Gasteiger partial charge >= 0.3 is 5.97 Å². The first-order chi connectivity index (χ1) is 8.58. The van der Waals surface area contributed by atoms with Crippen molar-refractivity contribution in [2.75, 3.05) is 5.32 Å². The number of anilines is 1. The maximum absolute atomic E-state index is 12.9. The van der Waals surface area contributed by atoms with Gasteiger partial charge in [0.1, 0.15) is 5.82 Å². The molecule has 0 atom stereocenters. The second kappa shape index (κ2) is 4.66. The van der Waals surface area contributed by atoms with E-state index in [0.29, 0.717) is 0 Å². The van der Waals surface area contributed by atoms with E-state index in [0.717, 1.165) is 12.4 Å². The fourth-order valence-electron chi connectivity index (χ4n) is 1.39. The van der Waals surface area contributed by atoms with Crippen LogP contribution in [0.5, 0.6) is 0 Å². The van der Waals surface area contributed by atoms with Crippen LogP contribution in [0.25, 0.3) is 0 Å². The average Bonchev–Trinajstić information content (AvgIpc) is 2.77. The Hall–Kier alpha value is -2.70. The monoisotopic (exact) mass is 249 g/mol. The lowest BCUT2D eigenvalue weighted by atomic mass is 10.2. The third-order valence-corrected chi connectivity index (χ3v) is 2.15. The Morgan fingerprint density at radius 2 is 2.17 bits per heavy atom. The van der Waals surface area contributed by atoms with Crippen molar-refractivity contribution < 1.29 is 19.1 Å². The van der Waals surface area contributed by atoms with E-state index >= 15 is 0 Å². The maximum Gasteiger partial charge on any atom is 0.354 e. The van der Waals surface area contributed by atoms with E-state index in [1.165, 1.54) is 18.2 Å². The molecule has 1 aromatic heterocycles. The highest BCUT2D eigenvalue weighted by Gasteiger charge is 2.19. The van der Waals surface area contributed by atoms with Crippen LogP contribution in [-0.4, -0.2) is 27.0 Å². The molecule has 2 rings (SSSR count). The van der Waals surface area contributed by atoms with Gasteiger partial charge in [0, 0.05) is 5.69 Å². The normalized spacial score (nSPS) is 10.1. The zero-order valence-electron chi connectivity index (χ0n) is 8.98. The Morgan fingerprint density at radius 1 is 1.39 bits per heavy atom. The number of nitrogens with one attached hydrogen (secondary N) is 2. The molecule has 0 saturated carbocycles.